The van der Waals surface area contributed by atoms with Crippen LogP contribution in [0.4, 0.5) is 5.69 Å². The lowest BCUT2D eigenvalue weighted by molar-refractivity contribution is -0.114. The molecule has 14 heavy (non-hydrogen) atoms. The fourth-order valence-corrected chi connectivity index (χ4v) is 1.48. The standard InChI is InChI=1S/C10H12N2O2/c11-6-10(13)12-8-1-2-9-7(5-8)3-4-14-9/h1-2,5H,3-4,6,11H2,(H,12,13). The van der Waals surface area contributed by atoms with Crippen molar-refractivity contribution in [2.24, 2.45) is 5.73 Å². The first-order valence-electron chi connectivity index (χ1n) is 4.55. The maximum Gasteiger partial charge on any atom is 0.238 e. The van der Waals surface area contributed by atoms with E-state index >= 15 is 0 Å². The summed E-state index contributed by atoms with van der Waals surface area (Å²) < 4.78 is 5.35. The van der Waals surface area contributed by atoms with Gasteiger partial charge in [0, 0.05) is 12.1 Å². The monoisotopic (exact) mass is 192 g/mol. The van der Waals surface area contributed by atoms with Gasteiger partial charge in [0.15, 0.2) is 0 Å². The summed E-state index contributed by atoms with van der Waals surface area (Å²) in [6.45, 7) is 0.733. The van der Waals surface area contributed by atoms with Gasteiger partial charge in [-0.3, -0.25) is 4.79 Å². The highest BCUT2D eigenvalue weighted by Crippen LogP contribution is 2.27. The summed E-state index contributed by atoms with van der Waals surface area (Å²) in [4.78, 5) is 11.0. The lowest BCUT2D eigenvalue weighted by atomic mass is 10.1. The first kappa shape index (κ1) is 9.02. The second kappa shape index (κ2) is 3.67. The highest BCUT2D eigenvalue weighted by Gasteiger charge is 2.12. The molecule has 4 heteroatoms. The van der Waals surface area contributed by atoms with Gasteiger partial charge in [0.2, 0.25) is 5.91 Å². The number of fused-ring (bicyclic) bond motifs is 1. The number of carbonyl (C=O) groups is 1. The summed E-state index contributed by atoms with van der Waals surface area (Å²) in [6, 6.07) is 5.61. The summed E-state index contributed by atoms with van der Waals surface area (Å²) >= 11 is 0. The summed E-state index contributed by atoms with van der Waals surface area (Å²) in [6.07, 6.45) is 0.904. The molecule has 0 saturated heterocycles. The molecule has 0 radical (unpaired) electrons. The normalized spacial score (nSPS) is 13.2. The quantitative estimate of drug-likeness (QED) is 0.718. The van der Waals surface area contributed by atoms with Gasteiger partial charge in [-0.1, -0.05) is 0 Å². The van der Waals surface area contributed by atoms with Gasteiger partial charge in [-0.15, -0.1) is 0 Å². The zero-order valence-electron chi connectivity index (χ0n) is 7.75. The third-order valence-electron chi connectivity index (χ3n) is 2.16. The molecule has 0 saturated carbocycles. The molecular weight excluding hydrogens is 180 g/mol. The average Bonchev–Trinajstić information content (AvgIpc) is 2.64. The largest absolute Gasteiger partial charge is 0.493 e. The van der Waals surface area contributed by atoms with E-state index in [-0.39, 0.29) is 12.5 Å². The molecule has 0 aromatic heterocycles. The lowest BCUT2D eigenvalue weighted by Crippen LogP contribution is -2.21. The van der Waals surface area contributed by atoms with Gasteiger partial charge in [-0.05, 0) is 23.8 Å². The van der Waals surface area contributed by atoms with Crippen LogP contribution in [0.25, 0.3) is 0 Å². The van der Waals surface area contributed by atoms with E-state index in [1.807, 2.05) is 18.2 Å². The van der Waals surface area contributed by atoms with Crippen LogP contribution in [-0.2, 0) is 11.2 Å². The van der Waals surface area contributed by atoms with Gasteiger partial charge in [-0.2, -0.15) is 0 Å². The number of hydrogen-bond acceptors (Lipinski definition) is 3. The summed E-state index contributed by atoms with van der Waals surface area (Å²) in [5, 5.41) is 2.70. The Morgan fingerprint density at radius 3 is 3.21 bits per heavy atom. The van der Waals surface area contributed by atoms with Crippen LogP contribution in [0, 0.1) is 0 Å². The second-order valence-electron chi connectivity index (χ2n) is 3.17. The van der Waals surface area contributed by atoms with Crippen molar-refractivity contribution in [2.45, 2.75) is 6.42 Å². The maximum atomic E-state index is 11.0. The van der Waals surface area contributed by atoms with E-state index < -0.39 is 0 Å². The number of anilines is 1. The number of nitrogens with one attached hydrogen (secondary N) is 1. The Kier molecular flexibility index (Phi) is 2.37. The van der Waals surface area contributed by atoms with Crippen LogP contribution in [-0.4, -0.2) is 19.1 Å². The van der Waals surface area contributed by atoms with Crippen molar-refractivity contribution in [3.05, 3.63) is 23.8 Å². The molecule has 74 valence electrons. The summed E-state index contributed by atoms with van der Waals surface area (Å²) in [7, 11) is 0. The number of amides is 1. The predicted molar refractivity (Wildman–Crippen MR) is 53.3 cm³/mol. The van der Waals surface area contributed by atoms with Gasteiger partial charge in [0.1, 0.15) is 5.75 Å². The van der Waals surface area contributed by atoms with Gasteiger partial charge in [0.25, 0.3) is 0 Å². The van der Waals surface area contributed by atoms with E-state index in [2.05, 4.69) is 5.32 Å². The number of ether oxygens (including phenoxy) is 1. The van der Waals surface area contributed by atoms with Gasteiger partial charge < -0.3 is 15.8 Å². The van der Waals surface area contributed by atoms with Crippen LogP contribution >= 0.6 is 0 Å². The van der Waals surface area contributed by atoms with Crippen molar-refractivity contribution in [3.8, 4) is 5.75 Å². The van der Waals surface area contributed by atoms with Crippen molar-refractivity contribution in [1.82, 2.24) is 0 Å². The van der Waals surface area contributed by atoms with E-state index in [0.29, 0.717) is 0 Å². The van der Waals surface area contributed by atoms with Crippen LogP contribution in [0.5, 0.6) is 5.75 Å². The van der Waals surface area contributed by atoms with Crippen LogP contribution in [0.15, 0.2) is 18.2 Å². The molecule has 0 bridgehead atoms. The van der Waals surface area contributed by atoms with Crippen LogP contribution in [0.2, 0.25) is 0 Å². The molecule has 3 N–H and O–H groups in total. The Hall–Kier alpha value is -1.55. The minimum absolute atomic E-state index is 0.00752. The molecule has 1 aliphatic rings. The van der Waals surface area contributed by atoms with Gasteiger partial charge >= 0.3 is 0 Å². The highest BCUT2D eigenvalue weighted by atomic mass is 16.5. The molecule has 0 aliphatic carbocycles. The summed E-state index contributed by atoms with van der Waals surface area (Å²) in [5.74, 6) is 0.736. The van der Waals surface area contributed by atoms with Gasteiger partial charge in [-0.25, -0.2) is 0 Å². The third kappa shape index (κ3) is 1.70. The smallest absolute Gasteiger partial charge is 0.238 e. The van der Waals surface area contributed by atoms with E-state index in [4.69, 9.17) is 10.5 Å². The Morgan fingerprint density at radius 2 is 2.43 bits per heavy atom. The van der Waals surface area contributed by atoms with Gasteiger partial charge in [0.05, 0.1) is 13.2 Å². The zero-order valence-corrected chi connectivity index (χ0v) is 7.75. The zero-order chi connectivity index (χ0) is 9.97. The Labute approximate surface area is 82.1 Å². The Bertz CT molecular complexity index is 363. The second-order valence-corrected chi connectivity index (χ2v) is 3.17. The molecule has 0 atom stereocenters. The van der Waals surface area contributed by atoms with E-state index in [0.717, 1.165) is 30.0 Å². The van der Waals surface area contributed by atoms with Crippen LogP contribution in [0.1, 0.15) is 5.56 Å². The summed E-state index contributed by atoms with van der Waals surface area (Å²) in [5.41, 5.74) is 7.12. The van der Waals surface area contributed by atoms with E-state index in [1.165, 1.54) is 0 Å². The number of nitrogens with two attached hydrogens (primary N) is 1. The molecule has 1 aliphatic heterocycles. The molecule has 1 aromatic carbocycles. The van der Waals surface area contributed by atoms with Crippen LogP contribution in [0.3, 0.4) is 0 Å². The first-order valence-corrected chi connectivity index (χ1v) is 4.55. The number of hydrogen-bond donors (Lipinski definition) is 2. The fourth-order valence-electron chi connectivity index (χ4n) is 1.48. The minimum Gasteiger partial charge on any atom is -0.493 e. The van der Waals surface area contributed by atoms with Crippen molar-refractivity contribution in [2.75, 3.05) is 18.5 Å². The number of carbonyl (C=O) groups excluding carboxylic acids is 1. The Morgan fingerprint density at radius 1 is 1.57 bits per heavy atom. The fraction of sp³-hybridized carbons (Fsp3) is 0.300. The molecule has 1 heterocycles. The number of benzene rings is 1. The predicted octanol–water partition coefficient (Wildman–Crippen LogP) is 0.519. The topological polar surface area (TPSA) is 64.4 Å². The molecule has 0 spiro atoms. The average molecular weight is 192 g/mol. The molecule has 1 amide bonds. The Balaban J connectivity index is 2.16. The SMILES string of the molecule is NCC(=O)Nc1ccc2c(c1)CCO2. The molecule has 0 fully saturated rings. The van der Waals surface area contributed by atoms with Crippen molar-refractivity contribution >= 4 is 11.6 Å². The first-order chi connectivity index (χ1) is 6.79. The van der Waals surface area contributed by atoms with Crippen LogP contribution < -0.4 is 15.8 Å². The minimum atomic E-state index is -0.177. The van der Waals surface area contributed by atoms with E-state index in [9.17, 15) is 4.79 Å². The third-order valence-corrected chi connectivity index (χ3v) is 2.16. The van der Waals surface area contributed by atoms with Crippen molar-refractivity contribution in [3.63, 3.8) is 0 Å². The van der Waals surface area contributed by atoms with E-state index in [1.54, 1.807) is 0 Å². The molecule has 1 aromatic rings. The number of rotatable bonds is 2. The van der Waals surface area contributed by atoms with Crippen molar-refractivity contribution < 1.29 is 9.53 Å². The lowest BCUT2D eigenvalue weighted by Gasteiger charge is -2.05. The molecular formula is C10H12N2O2. The molecule has 4 nitrogen and oxygen atoms in total. The molecule has 0 unspecified atom stereocenters. The highest BCUT2D eigenvalue weighted by molar-refractivity contribution is 5.92. The van der Waals surface area contributed by atoms with Crippen molar-refractivity contribution in [1.29, 1.82) is 0 Å². The maximum absolute atomic E-state index is 11.0. The molecule has 2 rings (SSSR count).